The number of anilines is 2. The lowest BCUT2D eigenvalue weighted by Gasteiger charge is -2.35. The van der Waals surface area contributed by atoms with Gasteiger partial charge in [-0.1, -0.05) is 0 Å². The highest BCUT2D eigenvalue weighted by Gasteiger charge is 2.23. The number of methoxy groups -OCH3 is 1. The van der Waals surface area contributed by atoms with E-state index >= 15 is 0 Å². The third-order valence-electron chi connectivity index (χ3n) is 5.62. The van der Waals surface area contributed by atoms with E-state index in [0.717, 1.165) is 11.4 Å². The summed E-state index contributed by atoms with van der Waals surface area (Å²) in [6.07, 6.45) is 0. The molecule has 1 aliphatic heterocycles. The average molecular weight is 434 g/mol. The summed E-state index contributed by atoms with van der Waals surface area (Å²) in [4.78, 5) is 31.2. The highest BCUT2D eigenvalue weighted by molar-refractivity contribution is 5.94. The molecule has 2 heterocycles. The van der Waals surface area contributed by atoms with Crippen LogP contribution in [0.3, 0.4) is 0 Å². The van der Waals surface area contributed by atoms with Gasteiger partial charge in [-0.15, -0.1) is 5.10 Å². The summed E-state index contributed by atoms with van der Waals surface area (Å²) in [5, 5.41) is 4.56. The largest absolute Gasteiger partial charge is 0.497 e. The Morgan fingerprint density at radius 3 is 2.16 bits per heavy atom. The maximum Gasteiger partial charge on any atom is 0.271 e. The van der Waals surface area contributed by atoms with E-state index in [1.54, 1.807) is 37.4 Å². The van der Waals surface area contributed by atoms with Crippen molar-refractivity contribution in [1.29, 1.82) is 0 Å². The van der Waals surface area contributed by atoms with Crippen molar-refractivity contribution in [3.05, 3.63) is 76.6 Å². The molecule has 0 unspecified atom stereocenters. The number of rotatable bonds is 5. The van der Waals surface area contributed by atoms with E-state index in [2.05, 4.69) is 10.00 Å². The van der Waals surface area contributed by atoms with Gasteiger partial charge in [0.25, 0.3) is 11.5 Å². The van der Waals surface area contributed by atoms with Crippen molar-refractivity contribution < 1.29 is 9.53 Å². The Labute approximate surface area is 187 Å². The number of aromatic nitrogens is 2. The van der Waals surface area contributed by atoms with E-state index in [9.17, 15) is 9.59 Å². The molecule has 1 fully saturated rings. The molecule has 0 bridgehead atoms. The van der Waals surface area contributed by atoms with Crippen LogP contribution in [-0.4, -0.2) is 68.0 Å². The number of amides is 1. The second-order valence-electron chi connectivity index (χ2n) is 7.86. The number of hydrogen-bond donors (Lipinski definition) is 0. The summed E-state index contributed by atoms with van der Waals surface area (Å²) < 4.78 is 6.57. The van der Waals surface area contributed by atoms with Crippen LogP contribution in [0.1, 0.15) is 10.4 Å². The zero-order chi connectivity index (χ0) is 22.7. The number of nitrogens with zero attached hydrogens (tertiary/aromatic N) is 5. The van der Waals surface area contributed by atoms with Crippen LogP contribution in [0.2, 0.25) is 0 Å². The normalized spacial score (nSPS) is 13.7. The molecule has 4 rings (SSSR count). The van der Waals surface area contributed by atoms with Crippen molar-refractivity contribution in [2.75, 3.05) is 57.2 Å². The second kappa shape index (κ2) is 9.13. The Kier molecular flexibility index (Phi) is 6.11. The molecule has 1 aliphatic rings. The maximum absolute atomic E-state index is 12.9. The van der Waals surface area contributed by atoms with Gasteiger partial charge in [-0.3, -0.25) is 9.59 Å². The molecular formula is C24H27N5O3. The van der Waals surface area contributed by atoms with Crippen molar-refractivity contribution in [2.45, 2.75) is 0 Å². The van der Waals surface area contributed by atoms with Gasteiger partial charge in [-0.2, -0.15) is 4.68 Å². The molecule has 8 heteroatoms. The van der Waals surface area contributed by atoms with Crippen LogP contribution in [-0.2, 0) is 0 Å². The first kappa shape index (κ1) is 21.4. The molecule has 0 N–H and O–H groups in total. The first-order valence-corrected chi connectivity index (χ1v) is 10.5. The molecule has 2 aromatic carbocycles. The summed E-state index contributed by atoms with van der Waals surface area (Å²) in [6, 6.07) is 18.1. The summed E-state index contributed by atoms with van der Waals surface area (Å²) in [5.74, 6) is 1.46. The zero-order valence-electron chi connectivity index (χ0n) is 18.6. The number of carbonyl (C=O) groups excluding carboxylic acids is 1. The topological polar surface area (TPSA) is 70.9 Å². The lowest BCUT2D eigenvalue weighted by Crippen LogP contribution is -2.49. The van der Waals surface area contributed by atoms with Crippen molar-refractivity contribution in [1.82, 2.24) is 14.7 Å². The molecule has 8 nitrogen and oxygen atoms in total. The van der Waals surface area contributed by atoms with E-state index in [-0.39, 0.29) is 11.5 Å². The summed E-state index contributed by atoms with van der Waals surface area (Å²) in [6.45, 7) is 2.49. The van der Waals surface area contributed by atoms with Crippen molar-refractivity contribution in [2.24, 2.45) is 0 Å². The van der Waals surface area contributed by atoms with E-state index in [0.29, 0.717) is 43.2 Å². The number of ether oxygens (including phenoxy) is 1. The van der Waals surface area contributed by atoms with Crippen LogP contribution in [0.15, 0.2) is 65.5 Å². The summed E-state index contributed by atoms with van der Waals surface area (Å²) in [7, 11) is 5.55. The fourth-order valence-corrected chi connectivity index (χ4v) is 3.70. The van der Waals surface area contributed by atoms with E-state index < -0.39 is 0 Å². The lowest BCUT2D eigenvalue weighted by molar-refractivity contribution is 0.0746. The monoisotopic (exact) mass is 433 g/mol. The lowest BCUT2D eigenvalue weighted by atomic mass is 10.1. The van der Waals surface area contributed by atoms with Gasteiger partial charge >= 0.3 is 0 Å². The average Bonchev–Trinajstić information content (AvgIpc) is 2.84. The number of benzene rings is 2. The van der Waals surface area contributed by atoms with Gasteiger partial charge in [0.1, 0.15) is 11.6 Å². The van der Waals surface area contributed by atoms with Gasteiger partial charge in [0, 0.05) is 57.6 Å². The highest BCUT2D eigenvalue weighted by atomic mass is 16.5. The van der Waals surface area contributed by atoms with Gasteiger partial charge in [-0.25, -0.2) is 0 Å². The molecule has 0 atom stereocenters. The molecule has 32 heavy (non-hydrogen) atoms. The quantitative estimate of drug-likeness (QED) is 0.615. The van der Waals surface area contributed by atoms with E-state index in [1.807, 2.05) is 48.2 Å². The third kappa shape index (κ3) is 4.44. The molecule has 1 saturated heterocycles. The van der Waals surface area contributed by atoms with Crippen molar-refractivity contribution in [3.8, 4) is 11.4 Å². The predicted octanol–water partition coefficient (Wildman–Crippen LogP) is 2.27. The molecule has 0 aliphatic carbocycles. The van der Waals surface area contributed by atoms with Crippen LogP contribution in [0.5, 0.6) is 5.75 Å². The number of carbonyl (C=O) groups is 1. The molecular weight excluding hydrogens is 406 g/mol. The fraction of sp³-hybridized carbons (Fsp3) is 0.292. The van der Waals surface area contributed by atoms with E-state index in [4.69, 9.17) is 4.74 Å². The molecule has 1 aromatic heterocycles. The van der Waals surface area contributed by atoms with Gasteiger partial charge in [0.2, 0.25) is 0 Å². The Morgan fingerprint density at radius 1 is 0.906 bits per heavy atom. The Bertz CT molecular complexity index is 1130. The first-order valence-electron chi connectivity index (χ1n) is 10.5. The molecule has 0 radical (unpaired) electrons. The van der Waals surface area contributed by atoms with Crippen LogP contribution in [0.25, 0.3) is 5.69 Å². The Hall–Kier alpha value is -3.81. The standard InChI is InChI=1S/C24H27N5O3/c1-26(2)19-6-4-18(5-7-19)24(31)28-16-14-27(15-17-28)22-12-13-23(30)29(25-22)20-8-10-21(32-3)11-9-20/h4-13H,14-17H2,1-3H3. The summed E-state index contributed by atoms with van der Waals surface area (Å²) in [5.41, 5.74) is 2.22. The highest BCUT2D eigenvalue weighted by Crippen LogP contribution is 2.18. The number of hydrogen-bond acceptors (Lipinski definition) is 6. The molecule has 3 aromatic rings. The Morgan fingerprint density at radius 2 is 1.56 bits per heavy atom. The minimum Gasteiger partial charge on any atom is -0.497 e. The first-order chi connectivity index (χ1) is 15.5. The van der Waals surface area contributed by atoms with Crippen molar-refractivity contribution in [3.63, 3.8) is 0 Å². The molecule has 1 amide bonds. The van der Waals surface area contributed by atoms with Crippen LogP contribution in [0.4, 0.5) is 11.5 Å². The van der Waals surface area contributed by atoms with Gasteiger partial charge < -0.3 is 19.4 Å². The molecule has 0 spiro atoms. The fourth-order valence-electron chi connectivity index (χ4n) is 3.70. The van der Waals surface area contributed by atoms with Crippen LogP contribution >= 0.6 is 0 Å². The second-order valence-corrected chi connectivity index (χ2v) is 7.86. The molecule has 0 saturated carbocycles. The molecule has 166 valence electrons. The third-order valence-corrected chi connectivity index (χ3v) is 5.62. The van der Waals surface area contributed by atoms with Crippen molar-refractivity contribution >= 4 is 17.4 Å². The van der Waals surface area contributed by atoms with Gasteiger partial charge in [0.05, 0.1) is 12.8 Å². The minimum absolute atomic E-state index is 0.0334. The van der Waals surface area contributed by atoms with Crippen LogP contribution < -0.4 is 20.1 Å². The minimum atomic E-state index is -0.200. The SMILES string of the molecule is COc1ccc(-n2nc(N3CCN(C(=O)c4ccc(N(C)C)cc4)CC3)ccc2=O)cc1. The summed E-state index contributed by atoms with van der Waals surface area (Å²) >= 11 is 0. The zero-order valence-corrected chi connectivity index (χ0v) is 18.6. The Balaban J connectivity index is 1.44. The van der Waals surface area contributed by atoms with E-state index in [1.165, 1.54) is 10.7 Å². The van der Waals surface area contributed by atoms with Gasteiger partial charge in [0.15, 0.2) is 0 Å². The maximum atomic E-state index is 12.9. The van der Waals surface area contributed by atoms with Crippen LogP contribution in [0, 0.1) is 0 Å². The van der Waals surface area contributed by atoms with Gasteiger partial charge in [-0.05, 0) is 54.6 Å². The smallest absolute Gasteiger partial charge is 0.271 e. The number of piperazine rings is 1. The predicted molar refractivity (Wildman–Crippen MR) is 125 cm³/mol.